The third-order valence-electron chi connectivity index (χ3n) is 7.67. The third kappa shape index (κ3) is 2.99. The van der Waals surface area contributed by atoms with E-state index in [1.54, 1.807) is 0 Å². The highest BCUT2D eigenvalue weighted by atomic mass is 16.6. The first-order chi connectivity index (χ1) is 15.5. The van der Waals surface area contributed by atoms with Gasteiger partial charge in [-0.3, -0.25) is 4.79 Å². The summed E-state index contributed by atoms with van der Waals surface area (Å²) in [7, 11) is 0. The van der Waals surface area contributed by atoms with Gasteiger partial charge in [-0.15, -0.1) is 0 Å². The normalized spacial score (nSPS) is 26.7. The molecule has 0 aromatic heterocycles. The molecule has 0 saturated carbocycles. The number of nitrogens with one attached hydrogen (secondary N) is 1. The fourth-order valence-electron chi connectivity index (χ4n) is 5.78. The van der Waals surface area contributed by atoms with Crippen molar-refractivity contribution in [1.29, 1.82) is 0 Å². The molecule has 4 heterocycles. The molecule has 0 radical (unpaired) electrons. The van der Waals surface area contributed by atoms with Gasteiger partial charge >= 0.3 is 0 Å². The smallest absolute Gasteiger partial charge is 0.243 e. The number of anilines is 1. The van der Waals surface area contributed by atoms with Gasteiger partial charge in [0.15, 0.2) is 11.5 Å². The minimum Gasteiger partial charge on any atom is -0.491 e. The molecule has 1 amide bonds. The molecule has 0 bridgehead atoms. The fourth-order valence-corrected chi connectivity index (χ4v) is 5.78. The van der Waals surface area contributed by atoms with Gasteiger partial charge in [0, 0.05) is 23.4 Å². The van der Waals surface area contributed by atoms with Crippen molar-refractivity contribution in [3.63, 3.8) is 0 Å². The number of likely N-dealkylation sites (tertiary alicyclic amines) is 1. The quantitative estimate of drug-likeness (QED) is 0.792. The van der Waals surface area contributed by atoms with Crippen molar-refractivity contribution in [3.8, 4) is 17.2 Å². The Morgan fingerprint density at radius 2 is 1.88 bits per heavy atom. The van der Waals surface area contributed by atoms with Crippen LogP contribution in [0.3, 0.4) is 0 Å². The summed E-state index contributed by atoms with van der Waals surface area (Å²) in [6, 6.07) is 12.4. The summed E-state index contributed by atoms with van der Waals surface area (Å²) in [5.74, 6) is 2.76. The van der Waals surface area contributed by atoms with Gasteiger partial charge in [0.25, 0.3) is 0 Å². The predicted octanol–water partition coefficient (Wildman–Crippen LogP) is 3.97. The molecule has 4 aliphatic rings. The number of amides is 1. The van der Waals surface area contributed by atoms with Gasteiger partial charge in [-0.25, -0.2) is 0 Å². The van der Waals surface area contributed by atoms with Gasteiger partial charge in [-0.05, 0) is 69.8 Å². The highest BCUT2D eigenvalue weighted by molar-refractivity contribution is 6.09. The fraction of sp³-hybridized carbons (Fsp3) is 0.500. The van der Waals surface area contributed by atoms with E-state index in [9.17, 15) is 4.79 Å². The van der Waals surface area contributed by atoms with Crippen LogP contribution in [0.15, 0.2) is 36.4 Å². The van der Waals surface area contributed by atoms with Gasteiger partial charge in [-0.1, -0.05) is 18.2 Å². The molecule has 6 nitrogen and oxygen atoms in total. The highest BCUT2D eigenvalue weighted by Crippen LogP contribution is 2.53. The molecule has 1 fully saturated rings. The summed E-state index contributed by atoms with van der Waals surface area (Å²) < 4.78 is 18.5. The number of rotatable bonds is 3. The molecule has 168 valence electrons. The Balaban J connectivity index is 1.24. The molecule has 32 heavy (non-hydrogen) atoms. The standard InChI is InChI=1S/C26H30N2O4/c1-16(2)28-9-7-17(8-10-28)11-18-14-30-23-13-22-20(12-24(23)32-18)26(15-31-22)19-5-3-4-6-21(19)27-25(26)29/h3-6,12-13,16-18H,7-11,14-15H2,1-2H3,(H,27,29). The van der Waals surface area contributed by atoms with Crippen molar-refractivity contribution in [2.75, 3.05) is 31.6 Å². The minimum atomic E-state index is -0.819. The van der Waals surface area contributed by atoms with E-state index in [-0.39, 0.29) is 12.0 Å². The number of carbonyl (C=O) groups is 1. The number of fused-ring (bicyclic) bond motifs is 5. The van der Waals surface area contributed by atoms with E-state index in [1.165, 1.54) is 12.8 Å². The van der Waals surface area contributed by atoms with Crippen LogP contribution in [-0.2, 0) is 10.2 Å². The lowest BCUT2D eigenvalue weighted by atomic mass is 9.77. The van der Waals surface area contributed by atoms with E-state index in [0.717, 1.165) is 42.1 Å². The van der Waals surface area contributed by atoms with Gasteiger partial charge in [0.1, 0.15) is 30.5 Å². The van der Waals surface area contributed by atoms with Gasteiger partial charge < -0.3 is 24.4 Å². The van der Waals surface area contributed by atoms with Crippen LogP contribution in [0.1, 0.15) is 44.2 Å². The molecule has 4 aliphatic heterocycles. The number of hydrogen-bond acceptors (Lipinski definition) is 5. The molecular weight excluding hydrogens is 404 g/mol. The summed E-state index contributed by atoms with van der Waals surface area (Å²) in [5, 5.41) is 3.03. The first kappa shape index (κ1) is 19.9. The topological polar surface area (TPSA) is 60.0 Å². The second kappa shape index (κ2) is 7.41. The van der Waals surface area contributed by atoms with Crippen molar-refractivity contribution in [1.82, 2.24) is 4.90 Å². The van der Waals surface area contributed by atoms with Gasteiger partial charge in [0.2, 0.25) is 5.91 Å². The van der Waals surface area contributed by atoms with E-state index < -0.39 is 5.41 Å². The van der Waals surface area contributed by atoms with E-state index in [4.69, 9.17) is 14.2 Å². The molecule has 2 unspecified atom stereocenters. The van der Waals surface area contributed by atoms with Gasteiger partial charge in [0.05, 0.1) is 0 Å². The second-order valence-electron chi connectivity index (χ2n) is 9.85. The lowest BCUT2D eigenvalue weighted by Gasteiger charge is -2.36. The summed E-state index contributed by atoms with van der Waals surface area (Å²) in [5.41, 5.74) is 1.87. The van der Waals surface area contributed by atoms with Crippen molar-refractivity contribution in [3.05, 3.63) is 47.5 Å². The van der Waals surface area contributed by atoms with Gasteiger partial charge in [-0.2, -0.15) is 0 Å². The maximum Gasteiger partial charge on any atom is 0.243 e. The molecule has 1 N–H and O–H groups in total. The predicted molar refractivity (Wildman–Crippen MR) is 122 cm³/mol. The zero-order valence-electron chi connectivity index (χ0n) is 18.7. The summed E-state index contributed by atoms with van der Waals surface area (Å²) in [4.78, 5) is 15.7. The number of carbonyl (C=O) groups excluding carboxylic acids is 1. The van der Waals surface area contributed by atoms with Crippen LogP contribution >= 0.6 is 0 Å². The summed E-state index contributed by atoms with van der Waals surface area (Å²) in [6.45, 7) is 7.72. The number of piperidine rings is 1. The average Bonchev–Trinajstić information content (AvgIpc) is 3.31. The Labute approximate surface area is 188 Å². The maximum absolute atomic E-state index is 13.1. The van der Waals surface area contributed by atoms with Crippen molar-refractivity contribution in [2.45, 2.75) is 50.7 Å². The number of nitrogens with zero attached hydrogens (tertiary/aromatic N) is 1. The number of para-hydroxylation sites is 1. The first-order valence-corrected chi connectivity index (χ1v) is 11.8. The molecule has 6 rings (SSSR count). The van der Waals surface area contributed by atoms with Crippen LogP contribution in [0, 0.1) is 5.92 Å². The highest BCUT2D eigenvalue weighted by Gasteiger charge is 2.54. The molecular formula is C26H30N2O4. The third-order valence-corrected chi connectivity index (χ3v) is 7.67. The Bertz CT molecular complexity index is 1060. The van der Waals surface area contributed by atoms with E-state index in [2.05, 4.69) is 24.1 Å². The molecule has 1 spiro atoms. The largest absolute Gasteiger partial charge is 0.491 e. The Kier molecular flexibility index (Phi) is 4.61. The SMILES string of the molecule is CC(C)N1CCC(CC2COc3cc4c(cc3O2)C2(CO4)C(=O)Nc3ccccc32)CC1. The van der Waals surface area contributed by atoms with Crippen molar-refractivity contribution in [2.24, 2.45) is 5.92 Å². The number of hydrogen-bond donors (Lipinski definition) is 1. The summed E-state index contributed by atoms with van der Waals surface area (Å²) >= 11 is 0. The second-order valence-corrected chi connectivity index (χ2v) is 9.85. The lowest BCUT2D eigenvalue weighted by Crippen LogP contribution is -2.40. The Morgan fingerprint density at radius 3 is 2.69 bits per heavy atom. The van der Waals surface area contributed by atoms with E-state index >= 15 is 0 Å². The Hall–Kier alpha value is -2.73. The number of ether oxygens (including phenoxy) is 3. The van der Waals surface area contributed by atoms with E-state index in [1.807, 2.05) is 36.4 Å². The van der Waals surface area contributed by atoms with Crippen LogP contribution in [0.25, 0.3) is 0 Å². The zero-order chi connectivity index (χ0) is 21.9. The van der Waals surface area contributed by atoms with Crippen LogP contribution in [0.4, 0.5) is 5.69 Å². The van der Waals surface area contributed by atoms with Crippen molar-refractivity contribution < 1.29 is 19.0 Å². The molecule has 1 saturated heterocycles. The van der Waals surface area contributed by atoms with E-state index in [0.29, 0.717) is 36.7 Å². The molecule has 6 heteroatoms. The van der Waals surface area contributed by atoms with Crippen LogP contribution in [0.2, 0.25) is 0 Å². The van der Waals surface area contributed by atoms with Crippen molar-refractivity contribution >= 4 is 11.6 Å². The maximum atomic E-state index is 13.1. The summed E-state index contributed by atoms with van der Waals surface area (Å²) in [6.07, 6.45) is 3.47. The molecule has 2 atom stereocenters. The average molecular weight is 435 g/mol. The zero-order valence-corrected chi connectivity index (χ0v) is 18.7. The molecule has 2 aromatic carbocycles. The molecule has 0 aliphatic carbocycles. The number of benzene rings is 2. The first-order valence-electron chi connectivity index (χ1n) is 11.8. The monoisotopic (exact) mass is 434 g/mol. The minimum absolute atomic E-state index is 0.0393. The van der Waals surface area contributed by atoms with Crippen LogP contribution < -0.4 is 19.5 Å². The molecule has 2 aromatic rings. The van der Waals surface area contributed by atoms with Crippen LogP contribution in [-0.4, -0.2) is 49.3 Å². The lowest BCUT2D eigenvalue weighted by molar-refractivity contribution is -0.119. The van der Waals surface area contributed by atoms with Crippen LogP contribution in [0.5, 0.6) is 17.2 Å². The Morgan fingerprint density at radius 1 is 1.06 bits per heavy atom.